The Bertz CT molecular complexity index is 683. The van der Waals surface area contributed by atoms with Gasteiger partial charge >= 0.3 is 0 Å². The van der Waals surface area contributed by atoms with Crippen molar-refractivity contribution in [3.05, 3.63) is 48.5 Å². The molecule has 0 aliphatic carbocycles. The number of hydrazone groups is 1. The second-order valence-electron chi connectivity index (χ2n) is 3.97. The number of hydrogen-bond acceptors (Lipinski definition) is 4. The second-order valence-corrected chi connectivity index (χ2v) is 6.86. The van der Waals surface area contributed by atoms with E-state index >= 15 is 0 Å². The Morgan fingerprint density at radius 3 is 2.80 bits per heavy atom. The van der Waals surface area contributed by atoms with Crippen LogP contribution in [0.4, 0.5) is 0 Å². The van der Waals surface area contributed by atoms with Crippen molar-refractivity contribution in [1.29, 1.82) is 0 Å². The van der Waals surface area contributed by atoms with E-state index < -0.39 is 0 Å². The van der Waals surface area contributed by atoms with Crippen LogP contribution in [-0.4, -0.2) is 17.2 Å². The van der Waals surface area contributed by atoms with Gasteiger partial charge in [0.15, 0.2) is 0 Å². The first-order valence-electron chi connectivity index (χ1n) is 5.54. The summed E-state index contributed by atoms with van der Waals surface area (Å²) in [5.74, 6) is -0.211. The first kappa shape index (κ1) is 15.2. The molecule has 2 N–H and O–H groups in total. The quantitative estimate of drug-likeness (QED) is 0.584. The van der Waals surface area contributed by atoms with Gasteiger partial charge in [-0.2, -0.15) is 5.10 Å². The number of phenols is 1. The van der Waals surface area contributed by atoms with Crippen LogP contribution in [0.3, 0.4) is 0 Å². The molecule has 1 heterocycles. The van der Waals surface area contributed by atoms with E-state index in [1.807, 2.05) is 6.92 Å². The fraction of sp³-hybridized carbons (Fsp3) is 0.0769. The minimum absolute atomic E-state index is 0.0672. The second kappa shape index (κ2) is 6.51. The summed E-state index contributed by atoms with van der Waals surface area (Å²) in [4.78, 5) is 12.8. The number of benzene rings is 1. The molecule has 104 valence electrons. The van der Waals surface area contributed by atoms with Gasteiger partial charge in [-0.1, -0.05) is 15.9 Å². The summed E-state index contributed by atoms with van der Waals surface area (Å²) in [5.41, 5.74) is 3.49. The highest BCUT2D eigenvalue weighted by atomic mass is 79.9. The van der Waals surface area contributed by atoms with E-state index in [-0.39, 0.29) is 11.7 Å². The zero-order chi connectivity index (χ0) is 14.7. The Balaban J connectivity index is 2.09. The average molecular weight is 418 g/mol. The minimum atomic E-state index is -0.279. The molecule has 0 aliphatic heterocycles. The molecule has 1 aromatic carbocycles. The first-order valence-corrected chi connectivity index (χ1v) is 8.00. The molecule has 7 heteroatoms. The standard InChI is InChI=1S/C13H10Br2N2O2S/c1-7-2-9(6-20-7)13(19)17-16-5-8-3-10(14)4-11(15)12(8)18/h2-6,18H,1H3,(H,17,19). The molecule has 0 bridgehead atoms. The zero-order valence-electron chi connectivity index (χ0n) is 10.4. The van der Waals surface area contributed by atoms with Gasteiger partial charge in [0.05, 0.1) is 16.3 Å². The van der Waals surface area contributed by atoms with Crippen LogP contribution >= 0.6 is 43.2 Å². The number of amides is 1. The van der Waals surface area contributed by atoms with Gasteiger partial charge < -0.3 is 5.11 Å². The smallest absolute Gasteiger partial charge is 0.272 e. The number of rotatable bonds is 3. The van der Waals surface area contributed by atoms with E-state index in [0.717, 1.165) is 9.35 Å². The highest BCUT2D eigenvalue weighted by molar-refractivity contribution is 9.11. The number of aryl methyl sites for hydroxylation is 1. The predicted octanol–water partition coefficient (Wildman–Crippen LogP) is 4.05. The molecule has 0 radical (unpaired) electrons. The van der Waals surface area contributed by atoms with Crippen LogP contribution < -0.4 is 5.43 Å². The van der Waals surface area contributed by atoms with Crippen molar-refractivity contribution in [2.45, 2.75) is 6.92 Å². The van der Waals surface area contributed by atoms with Crippen LogP contribution in [0.25, 0.3) is 0 Å². The summed E-state index contributed by atoms with van der Waals surface area (Å²) in [6.07, 6.45) is 1.39. The van der Waals surface area contributed by atoms with Gasteiger partial charge in [-0.05, 0) is 41.1 Å². The molecule has 0 unspecified atom stereocenters. The third kappa shape index (κ3) is 3.68. The van der Waals surface area contributed by atoms with Gasteiger partial charge in [-0.25, -0.2) is 5.43 Å². The molecule has 0 fully saturated rings. The number of aromatic hydroxyl groups is 1. The molecule has 0 atom stereocenters. The summed E-state index contributed by atoms with van der Waals surface area (Å²) in [6, 6.07) is 5.21. The summed E-state index contributed by atoms with van der Waals surface area (Å²) >= 11 is 8.05. The largest absolute Gasteiger partial charge is 0.506 e. The molecule has 1 aromatic heterocycles. The van der Waals surface area contributed by atoms with Crippen LogP contribution in [0.2, 0.25) is 0 Å². The lowest BCUT2D eigenvalue weighted by atomic mass is 10.2. The molecular formula is C13H10Br2N2O2S. The third-order valence-electron chi connectivity index (χ3n) is 2.42. The van der Waals surface area contributed by atoms with Gasteiger partial charge in [0, 0.05) is 20.3 Å². The summed E-state index contributed by atoms with van der Waals surface area (Å²) < 4.78 is 1.34. The molecule has 1 amide bonds. The molecule has 0 saturated carbocycles. The SMILES string of the molecule is Cc1cc(C(=O)NN=Cc2cc(Br)cc(Br)c2O)cs1. The van der Waals surface area contributed by atoms with Gasteiger partial charge in [0.1, 0.15) is 5.75 Å². The van der Waals surface area contributed by atoms with Crippen LogP contribution in [0.1, 0.15) is 20.8 Å². The maximum atomic E-state index is 11.8. The van der Waals surface area contributed by atoms with Crippen molar-refractivity contribution in [2.75, 3.05) is 0 Å². The lowest BCUT2D eigenvalue weighted by Gasteiger charge is -2.02. The Hall–Kier alpha value is -1.18. The number of carbonyl (C=O) groups is 1. The third-order valence-corrected chi connectivity index (χ3v) is 4.34. The van der Waals surface area contributed by atoms with Crippen molar-refractivity contribution < 1.29 is 9.90 Å². The minimum Gasteiger partial charge on any atom is -0.506 e. The van der Waals surface area contributed by atoms with Crippen LogP contribution in [-0.2, 0) is 0 Å². The predicted molar refractivity (Wildman–Crippen MR) is 87.6 cm³/mol. The number of phenolic OH excluding ortho intramolecular Hbond substituents is 1. The molecule has 20 heavy (non-hydrogen) atoms. The van der Waals surface area contributed by atoms with Crippen LogP contribution in [0.15, 0.2) is 37.6 Å². The van der Waals surface area contributed by atoms with Crippen molar-refractivity contribution >= 4 is 55.3 Å². The topological polar surface area (TPSA) is 61.7 Å². The number of halogens is 2. The van der Waals surface area contributed by atoms with E-state index in [1.165, 1.54) is 17.6 Å². The Morgan fingerprint density at radius 2 is 2.15 bits per heavy atom. The zero-order valence-corrected chi connectivity index (χ0v) is 14.3. The molecule has 2 aromatic rings. The van der Waals surface area contributed by atoms with Crippen LogP contribution in [0, 0.1) is 6.92 Å². The van der Waals surface area contributed by atoms with Gasteiger partial charge in [-0.3, -0.25) is 4.79 Å². The van der Waals surface area contributed by atoms with Gasteiger partial charge in [-0.15, -0.1) is 11.3 Å². The number of thiophene rings is 1. The molecule has 0 aliphatic rings. The first-order chi connectivity index (χ1) is 9.47. The molecule has 2 rings (SSSR count). The van der Waals surface area contributed by atoms with E-state index in [9.17, 15) is 9.90 Å². The maximum absolute atomic E-state index is 11.8. The fourth-order valence-electron chi connectivity index (χ4n) is 1.47. The lowest BCUT2D eigenvalue weighted by Crippen LogP contribution is -2.16. The number of carbonyl (C=O) groups excluding carboxylic acids is 1. The van der Waals surface area contributed by atoms with Gasteiger partial charge in [0.25, 0.3) is 5.91 Å². The van der Waals surface area contributed by atoms with Crippen molar-refractivity contribution in [1.82, 2.24) is 5.43 Å². The van der Waals surface area contributed by atoms with E-state index in [1.54, 1.807) is 23.6 Å². The summed E-state index contributed by atoms with van der Waals surface area (Å²) in [5, 5.41) is 15.5. The van der Waals surface area contributed by atoms with E-state index in [0.29, 0.717) is 15.6 Å². The summed E-state index contributed by atoms with van der Waals surface area (Å²) in [7, 11) is 0. The number of nitrogens with one attached hydrogen (secondary N) is 1. The highest BCUT2D eigenvalue weighted by Crippen LogP contribution is 2.30. The monoisotopic (exact) mass is 416 g/mol. The van der Waals surface area contributed by atoms with Gasteiger partial charge in [0.2, 0.25) is 0 Å². The average Bonchev–Trinajstić information content (AvgIpc) is 2.81. The number of nitrogens with zero attached hydrogens (tertiary/aromatic N) is 1. The Labute approximate surface area is 136 Å². The van der Waals surface area contributed by atoms with Crippen LogP contribution in [0.5, 0.6) is 5.75 Å². The summed E-state index contributed by atoms with van der Waals surface area (Å²) in [6.45, 7) is 1.93. The van der Waals surface area contributed by atoms with Crippen molar-refractivity contribution in [2.24, 2.45) is 5.10 Å². The number of hydrogen-bond donors (Lipinski definition) is 2. The van der Waals surface area contributed by atoms with Crippen molar-refractivity contribution in [3.8, 4) is 5.75 Å². The maximum Gasteiger partial charge on any atom is 0.272 e. The lowest BCUT2D eigenvalue weighted by molar-refractivity contribution is 0.0955. The molecule has 4 nitrogen and oxygen atoms in total. The molecule has 0 saturated heterocycles. The highest BCUT2D eigenvalue weighted by Gasteiger charge is 2.07. The Kier molecular flexibility index (Phi) is 4.95. The normalized spacial score (nSPS) is 10.9. The van der Waals surface area contributed by atoms with E-state index in [4.69, 9.17) is 0 Å². The van der Waals surface area contributed by atoms with E-state index in [2.05, 4.69) is 42.4 Å². The molecule has 0 spiro atoms. The van der Waals surface area contributed by atoms with Crippen molar-refractivity contribution in [3.63, 3.8) is 0 Å². The molecular weight excluding hydrogens is 408 g/mol. The Morgan fingerprint density at radius 1 is 1.40 bits per heavy atom. The fourth-order valence-corrected chi connectivity index (χ4v) is 3.41.